The van der Waals surface area contributed by atoms with E-state index in [0.717, 1.165) is 5.69 Å². The van der Waals surface area contributed by atoms with E-state index in [1.807, 2.05) is 29.9 Å². The van der Waals surface area contributed by atoms with E-state index >= 15 is 0 Å². The molecular weight excluding hydrogens is 142 g/mol. The van der Waals surface area contributed by atoms with Crippen molar-refractivity contribution in [2.24, 2.45) is 7.05 Å². The van der Waals surface area contributed by atoms with Gasteiger partial charge in [0.05, 0.1) is 5.69 Å². The molecule has 1 aromatic rings. The van der Waals surface area contributed by atoms with Crippen molar-refractivity contribution >= 4 is 5.97 Å². The van der Waals surface area contributed by atoms with Crippen LogP contribution in [0.2, 0.25) is 0 Å². The van der Waals surface area contributed by atoms with E-state index in [4.69, 9.17) is 4.74 Å². The Balaban J connectivity index is 2.51. The van der Waals surface area contributed by atoms with E-state index in [-0.39, 0.29) is 5.97 Å². The summed E-state index contributed by atoms with van der Waals surface area (Å²) in [6, 6.07) is 3.84. The fourth-order valence-corrected chi connectivity index (χ4v) is 0.822. The van der Waals surface area contributed by atoms with Crippen molar-refractivity contribution in [1.82, 2.24) is 4.57 Å². The van der Waals surface area contributed by atoms with Crippen LogP contribution in [0.5, 0.6) is 0 Å². The van der Waals surface area contributed by atoms with Crippen molar-refractivity contribution in [1.29, 1.82) is 0 Å². The number of ether oxygens (including phenoxy) is 1. The van der Waals surface area contributed by atoms with E-state index < -0.39 is 0 Å². The number of nitrogens with zero attached hydrogens (tertiary/aromatic N) is 1. The molecule has 0 radical (unpaired) electrons. The molecule has 0 amide bonds. The topological polar surface area (TPSA) is 31.2 Å². The highest BCUT2D eigenvalue weighted by Gasteiger charge is 1.98. The smallest absolute Gasteiger partial charge is 0.303 e. The number of aromatic nitrogens is 1. The Morgan fingerprint density at radius 3 is 2.91 bits per heavy atom. The number of aryl methyl sites for hydroxylation is 1. The molecule has 0 atom stereocenters. The van der Waals surface area contributed by atoms with Crippen LogP contribution in [0.25, 0.3) is 0 Å². The maximum Gasteiger partial charge on any atom is 0.303 e. The van der Waals surface area contributed by atoms with Crippen LogP contribution in [0.4, 0.5) is 0 Å². The Labute approximate surface area is 65.6 Å². The van der Waals surface area contributed by atoms with Gasteiger partial charge in [-0.2, -0.15) is 0 Å². The van der Waals surface area contributed by atoms with Crippen LogP contribution in [0.1, 0.15) is 12.6 Å². The van der Waals surface area contributed by atoms with Gasteiger partial charge in [-0.15, -0.1) is 0 Å². The fraction of sp³-hybridized carbons (Fsp3) is 0.375. The summed E-state index contributed by atoms with van der Waals surface area (Å²) in [5.74, 6) is -0.244. The van der Waals surface area contributed by atoms with Gasteiger partial charge in [0.15, 0.2) is 0 Å². The van der Waals surface area contributed by atoms with Gasteiger partial charge in [0.25, 0.3) is 0 Å². The number of carbonyl (C=O) groups is 1. The summed E-state index contributed by atoms with van der Waals surface area (Å²) in [5.41, 5.74) is 1.00. The second-order valence-electron chi connectivity index (χ2n) is 2.39. The lowest BCUT2D eigenvalue weighted by Crippen LogP contribution is -2.02. The van der Waals surface area contributed by atoms with Crippen molar-refractivity contribution in [3.8, 4) is 0 Å². The Morgan fingerprint density at radius 1 is 1.73 bits per heavy atom. The molecule has 0 unspecified atom stereocenters. The molecule has 0 spiro atoms. The molecule has 0 saturated heterocycles. The molecule has 11 heavy (non-hydrogen) atoms. The SMILES string of the molecule is CC(=O)OCc1cccn1C. The first-order valence-electron chi connectivity index (χ1n) is 3.43. The zero-order chi connectivity index (χ0) is 8.27. The highest BCUT2D eigenvalue weighted by Crippen LogP contribution is 2.00. The average molecular weight is 153 g/mol. The largest absolute Gasteiger partial charge is 0.459 e. The summed E-state index contributed by atoms with van der Waals surface area (Å²) in [6.07, 6.45) is 1.92. The molecular formula is C8H11NO2. The van der Waals surface area contributed by atoms with Gasteiger partial charge in [-0.3, -0.25) is 4.79 Å². The summed E-state index contributed by atoms with van der Waals surface area (Å²) in [4.78, 5) is 10.4. The highest BCUT2D eigenvalue weighted by atomic mass is 16.5. The Bertz CT molecular complexity index is 252. The van der Waals surface area contributed by atoms with Crippen molar-refractivity contribution in [2.45, 2.75) is 13.5 Å². The van der Waals surface area contributed by atoms with Gasteiger partial charge in [-0.05, 0) is 12.1 Å². The number of rotatable bonds is 2. The summed E-state index contributed by atoms with van der Waals surface area (Å²) in [6.45, 7) is 1.77. The Hall–Kier alpha value is -1.25. The lowest BCUT2D eigenvalue weighted by atomic mass is 10.4. The predicted molar refractivity (Wildman–Crippen MR) is 40.9 cm³/mol. The monoisotopic (exact) mass is 153 g/mol. The molecule has 0 aromatic carbocycles. The summed E-state index contributed by atoms with van der Waals surface area (Å²) < 4.78 is 6.73. The van der Waals surface area contributed by atoms with Crippen LogP contribution in [-0.2, 0) is 23.2 Å². The van der Waals surface area contributed by atoms with Crippen LogP contribution in [-0.4, -0.2) is 10.5 Å². The van der Waals surface area contributed by atoms with Crippen LogP contribution < -0.4 is 0 Å². The van der Waals surface area contributed by atoms with E-state index in [1.165, 1.54) is 6.92 Å². The van der Waals surface area contributed by atoms with Crippen molar-refractivity contribution in [3.05, 3.63) is 24.0 Å². The Kier molecular flexibility index (Phi) is 2.31. The van der Waals surface area contributed by atoms with Gasteiger partial charge in [0.2, 0.25) is 0 Å². The second kappa shape index (κ2) is 3.23. The zero-order valence-electron chi connectivity index (χ0n) is 6.70. The zero-order valence-corrected chi connectivity index (χ0v) is 6.70. The Morgan fingerprint density at radius 2 is 2.45 bits per heavy atom. The van der Waals surface area contributed by atoms with Gasteiger partial charge in [0, 0.05) is 20.2 Å². The van der Waals surface area contributed by atoms with Gasteiger partial charge in [-0.25, -0.2) is 0 Å². The summed E-state index contributed by atoms with van der Waals surface area (Å²) in [5, 5.41) is 0. The molecule has 1 aromatic heterocycles. The molecule has 0 saturated carbocycles. The second-order valence-corrected chi connectivity index (χ2v) is 2.39. The van der Waals surface area contributed by atoms with Gasteiger partial charge < -0.3 is 9.30 Å². The number of hydrogen-bond acceptors (Lipinski definition) is 2. The lowest BCUT2D eigenvalue weighted by Gasteiger charge is -2.02. The fourth-order valence-electron chi connectivity index (χ4n) is 0.822. The third-order valence-corrected chi connectivity index (χ3v) is 1.47. The molecule has 60 valence electrons. The molecule has 0 N–H and O–H groups in total. The molecule has 1 rings (SSSR count). The molecule has 3 nitrogen and oxygen atoms in total. The molecule has 0 bridgehead atoms. The molecule has 1 heterocycles. The number of esters is 1. The van der Waals surface area contributed by atoms with Gasteiger partial charge in [0.1, 0.15) is 6.61 Å². The van der Waals surface area contributed by atoms with Crippen molar-refractivity contribution in [2.75, 3.05) is 0 Å². The van der Waals surface area contributed by atoms with Crippen molar-refractivity contribution < 1.29 is 9.53 Å². The lowest BCUT2D eigenvalue weighted by molar-refractivity contribution is -0.142. The molecule has 0 aliphatic heterocycles. The van der Waals surface area contributed by atoms with Crippen LogP contribution in [0.15, 0.2) is 18.3 Å². The summed E-state index contributed by atoms with van der Waals surface area (Å²) >= 11 is 0. The maximum atomic E-state index is 10.4. The van der Waals surface area contributed by atoms with E-state index in [1.54, 1.807) is 0 Å². The van der Waals surface area contributed by atoms with Crippen LogP contribution in [0.3, 0.4) is 0 Å². The molecule has 0 fully saturated rings. The van der Waals surface area contributed by atoms with Crippen molar-refractivity contribution in [3.63, 3.8) is 0 Å². The normalized spacial score (nSPS) is 9.64. The third kappa shape index (κ3) is 2.11. The minimum absolute atomic E-state index is 0.244. The number of carbonyl (C=O) groups excluding carboxylic acids is 1. The quantitative estimate of drug-likeness (QED) is 0.595. The third-order valence-electron chi connectivity index (χ3n) is 1.47. The minimum Gasteiger partial charge on any atom is -0.459 e. The number of hydrogen-bond donors (Lipinski definition) is 0. The molecule has 0 aliphatic carbocycles. The van der Waals surface area contributed by atoms with Gasteiger partial charge >= 0.3 is 5.97 Å². The average Bonchev–Trinajstić information content (AvgIpc) is 2.31. The highest BCUT2D eigenvalue weighted by molar-refractivity contribution is 5.65. The van der Waals surface area contributed by atoms with Crippen LogP contribution >= 0.6 is 0 Å². The van der Waals surface area contributed by atoms with Gasteiger partial charge in [-0.1, -0.05) is 0 Å². The summed E-state index contributed by atoms with van der Waals surface area (Å²) in [7, 11) is 1.92. The maximum absolute atomic E-state index is 10.4. The first kappa shape index (κ1) is 7.85. The van der Waals surface area contributed by atoms with Crippen LogP contribution in [0, 0.1) is 0 Å². The minimum atomic E-state index is -0.244. The van der Waals surface area contributed by atoms with E-state index in [9.17, 15) is 4.79 Å². The first-order valence-corrected chi connectivity index (χ1v) is 3.43. The molecule has 3 heteroatoms. The van der Waals surface area contributed by atoms with E-state index in [2.05, 4.69) is 0 Å². The first-order chi connectivity index (χ1) is 5.20. The molecule has 0 aliphatic rings. The van der Waals surface area contributed by atoms with E-state index in [0.29, 0.717) is 6.61 Å². The standard InChI is InChI=1S/C8H11NO2/c1-7(10)11-6-8-4-3-5-9(8)2/h3-5H,6H2,1-2H3. The predicted octanol–water partition coefficient (Wildman–Crippen LogP) is 1.09.